The van der Waals surface area contributed by atoms with E-state index in [-0.39, 0.29) is 5.69 Å². The first-order valence-electron chi connectivity index (χ1n) is 9.25. The Bertz CT molecular complexity index is 1200. The summed E-state index contributed by atoms with van der Waals surface area (Å²) < 4.78 is 13.8. The monoisotopic (exact) mass is 437 g/mol. The highest BCUT2D eigenvalue weighted by Crippen LogP contribution is 2.42. The molecule has 0 N–H and O–H groups in total. The first kappa shape index (κ1) is 20.4. The molecule has 0 aliphatic carbocycles. The Labute approximate surface area is 183 Å². The second-order valence-electron chi connectivity index (χ2n) is 7.00. The van der Waals surface area contributed by atoms with Crippen LogP contribution >= 0.6 is 23.4 Å². The zero-order chi connectivity index (χ0) is 21.4. The van der Waals surface area contributed by atoms with Gasteiger partial charge in [0.2, 0.25) is 0 Å². The lowest BCUT2D eigenvalue weighted by Crippen LogP contribution is -2.31. The Morgan fingerprint density at radius 2 is 1.63 bits per heavy atom. The minimum absolute atomic E-state index is 0.207. The molecule has 0 radical (unpaired) electrons. The normalized spacial score (nSPS) is 14.1. The zero-order valence-electron chi connectivity index (χ0n) is 16.3. The number of anilines is 1. The van der Waals surface area contributed by atoms with Crippen LogP contribution in [0.15, 0.2) is 76.5 Å². The van der Waals surface area contributed by atoms with Gasteiger partial charge in [-0.3, -0.25) is 9.59 Å². The van der Waals surface area contributed by atoms with Gasteiger partial charge in [0.1, 0.15) is 5.82 Å². The lowest BCUT2D eigenvalue weighted by atomic mass is 9.99. The van der Waals surface area contributed by atoms with Gasteiger partial charge in [-0.05, 0) is 67.4 Å². The fourth-order valence-electron chi connectivity index (χ4n) is 3.41. The maximum absolute atomic E-state index is 13.8. The standard InChI is InChI=1S/C24H17ClFNO2S/c1-14-6-11-20(15(2)12-14)21-22(30-19-9-7-16(25)8-10-19)24(29)27(23(21)28)18-5-3-4-17(26)13-18/h3-13H,1-2H3. The Balaban J connectivity index is 1.86. The summed E-state index contributed by atoms with van der Waals surface area (Å²) >= 11 is 7.18. The predicted octanol–water partition coefficient (Wildman–Crippen LogP) is 6.17. The number of imide groups is 1. The van der Waals surface area contributed by atoms with Crippen LogP contribution in [0.4, 0.5) is 10.1 Å². The van der Waals surface area contributed by atoms with E-state index in [1.807, 2.05) is 32.0 Å². The van der Waals surface area contributed by atoms with Crippen molar-refractivity contribution in [2.24, 2.45) is 0 Å². The van der Waals surface area contributed by atoms with E-state index in [0.717, 1.165) is 20.9 Å². The Kier molecular flexibility index (Phi) is 5.50. The molecule has 0 aromatic heterocycles. The highest BCUT2D eigenvalue weighted by molar-refractivity contribution is 8.04. The molecule has 0 atom stereocenters. The molecule has 0 saturated heterocycles. The molecule has 0 bridgehead atoms. The number of hydrogen-bond acceptors (Lipinski definition) is 3. The molecule has 1 heterocycles. The minimum Gasteiger partial charge on any atom is -0.268 e. The van der Waals surface area contributed by atoms with E-state index >= 15 is 0 Å². The molecule has 0 unspecified atom stereocenters. The molecule has 0 saturated carbocycles. The molecule has 1 aliphatic heterocycles. The summed E-state index contributed by atoms with van der Waals surface area (Å²) in [7, 11) is 0. The molecular formula is C24H17ClFNO2S. The quantitative estimate of drug-likeness (QED) is 0.458. The summed E-state index contributed by atoms with van der Waals surface area (Å²) in [5, 5.41) is 0.582. The summed E-state index contributed by atoms with van der Waals surface area (Å²) in [6.45, 7) is 3.87. The number of carbonyl (C=O) groups excluding carboxylic acids is 2. The third-order valence-electron chi connectivity index (χ3n) is 4.79. The van der Waals surface area contributed by atoms with Crippen molar-refractivity contribution >= 4 is 46.4 Å². The molecule has 4 rings (SSSR count). The number of aryl methyl sites for hydroxylation is 2. The molecule has 0 fully saturated rings. The fraction of sp³-hybridized carbons (Fsp3) is 0.0833. The molecule has 3 aromatic carbocycles. The maximum atomic E-state index is 13.8. The summed E-state index contributed by atoms with van der Waals surface area (Å²) in [5.41, 5.74) is 3.17. The van der Waals surface area contributed by atoms with E-state index in [4.69, 9.17) is 11.6 Å². The van der Waals surface area contributed by atoms with Gasteiger partial charge in [0.25, 0.3) is 11.8 Å². The molecule has 30 heavy (non-hydrogen) atoms. The second kappa shape index (κ2) is 8.09. The molecule has 1 aliphatic rings. The molecule has 2 amide bonds. The van der Waals surface area contributed by atoms with E-state index in [0.29, 0.717) is 21.1 Å². The van der Waals surface area contributed by atoms with Crippen LogP contribution in [0.2, 0.25) is 5.02 Å². The first-order valence-corrected chi connectivity index (χ1v) is 10.4. The van der Waals surface area contributed by atoms with Crippen LogP contribution < -0.4 is 4.90 Å². The molecular weight excluding hydrogens is 421 g/mol. The SMILES string of the molecule is Cc1ccc(C2=C(Sc3ccc(Cl)cc3)C(=O)N(c3cccc(F)c3)C2=O)c(C)c1. The van der Waals surface area contributed by atoms with Crippen LogP contribution in [0.1, 0.15) is 16.7 Å². The largest absolute Gasteiger partial charge is 0.272 e. The number of amides is 2. The van der Waals surface area contributed by atoms with Gasteiger partial charge in [-0.25, -0.2) is 9.29 Å². The second-order valence-corrected chi connectivity index (χ2v) is 8.52. The van der Waals surface area contributed by atoms with Crippen LogP contribution in [0.3, 0.4) is 0 Å². The van der Waals surface area contributed by atoms with Crippen LogP contribution in [0, 0.1) is 19.7 Å². The summed E-state index contributed by atoms with van der Waals surface area (Å²) in [5.74, 6) is -1.45. The average molecular weight is 438 g/mol. The van der Waals surface area contributed by atoms with Crippen molar-refractivity contribution in [3.8, 4) is 0 Å². The molecule has 3 aromatic rings. The van der Waals surface area contributed by atoms with E-state index < -0.39 is 17.6 Å². The van der Waals surface area contributed by atoms with Crippen molar-refractivity contribution in [1.29, 1.82) is 0 Å². The summed E-state index contributed by atoms with van der Waals surface area (Å²) in [4.78, 5) is 28.9. The van der Waals surface area contributed by atoms with E-state index in [1.165, 1.54) is 30.0 Å². The topological polar surface area (TPSA) is 37.4 Å². The smallest absolute Gasteiger partial charge is 0.268 e. The average Bonchev–Trinajstić information content (AvgIpc) is 2.94. The predicted molar refractivity (Wildman–Crippen MR) is 119 cm³/mol. The van der Waals surface area contributed by atoms with Crippen LogP contribution in [0.25, 0.3) is 5.57 Å². The third kappa shape index (κ3) is 3.78. The van der Waals surface area contributed by atoms with Gasteiger partial charge in [-0.15, -0.1) is 0 Å². The van der Waals surface area contributed by atoms with Gasteiger partial charge in [0.15, 0.2) is 0 Å². The summed E-state index contributed by atoms with van der Waals surface area (Å²) in [6, 6.07) is 18.3. The highest BCUT2D eigenvalue weighted by atomic mass is 35.5. The first-order chi connectivity index (χ1) is 14.3. The fourth-order valence-corrected chi connectivity index (χ4v) is 4.52. The Morgan fingerprint density at radius 1 is 0.900 bits per heavy atom. The van der Waals surface area contributed by atoms with Gasteiger partial charge in [0.05, 0.1) is 16.2 Å². The Morgan fingerprint density at radius 3 is 2.30 bits per heavy atom. The van der Waals surface area contributed by atoms with Gasteiger partial charge in [0, 0.05) is 9.92 Å². The molecule has 6 heteroatoms. The van der Waals surface area contributed by atoms with Crippen LogP contribution in [-0.4, -0.2) is 11.8 Å². The van der Waals surface area contributed by atoms with Crippen LogP contribution in [-0.2, 0) is 9.59 Å². The van der Waals surface area contributed by atoms with Crippen molar-refractivity contribution in [2.45, 2.75) is 18.7 Å². The van der Waals surface area contributed by atoms with E-state index in [9.17, 15) is 14.0 Å². The van der Waals surface area contributed by atoms with Crippen molar-refractivity contribution < 1.29 is 14.0 Å². The molecule has 150 valence electrons. The number of halogens is 2. The van der Waals surface area contributed by atoms with Gasteiger partial charge < -0.3 is 0 Å². The van der Waals surface area contributed by atoms with Crippen molar-refractivity contribution in [1.82, 2.24) is 0 Å². The number of thioether (sulfide) groups is 1. The van der Waals surface area contributed by atoms with Crippen molar-refractivity contribution in [2.75, 3.05) is 4.90 Å². The highest BCUT2D eigenvalue weighted by Gasteiger charge is 2.41. The lowest BCUT2D eigenvalue weighted by molar-refractivity contribution is -0.119. The number of rotatable bonds is 4. The van der Waals surface area contributed by atoms with Crippen molar-refractivity contribution in [3.05, 3.63) is 99.2 Å². The zero-order valence-corrected chi connectivity index (χ0v) is 17.9. The van der Waals surface area contributed by atoms with E-state index in [1.54, 1.807) is 30.3 Å². The number of carbonyl (C=O) groups is 2. The van der Waals surface area contributed by atoms with Gasteiger partial charge in [-0.1, -0.05) is 53.2 Å². The minimum atomic E-state index is -0.514. The number of nitrogens with zero attached hydrogens (tertiary/aromatic N) is 1. The van der Waals surface area contributed by atoms with E-state index in [2.05, 4.69) is 0 Å². The molecule has 0 spiro atoms. The Hall–Kier alpha value is -2.89. The number of benzene rings is 3. The maximum Gasteiger partial charge on any atom is 0.272 e. The lowest BCUT2D eigenvalue weighted by Gasteiger charge is -2.15. The van der Waals surface area contributed by atoms with Gasteiger partial charge >= 0.3 is 0 Å². The summed E-state index contributed by atoms with van der Waals surface area (Å²) in [6.07, 6.45) is 0. The molecule has 3 nitrogen and oxygen atoms in total. The third-order valence-corrected chi connectivity index (χ3v) is 6.14. The number of hydrogen-bond donors (Lipinski definition) is 0. The van der Waals surface area contributed by atoms with Gasteiger partial charge in [-0.2, -0.15) is 0 Å². The van der Waals surface area contributed by atoms with Crippen LogP contribution in [0.5, 0.6) is 0 Å². The van der Waals surface area contributed by atoms with Crippen molar-refractivity contribution in [3.63, 3.8) is 0 Å².